The molecular formula is C23H30ClNO5. The Morgan fingerprint density at radius 1 is 1.40 bits per heavy atom. The number of ether oxygens (including phenoxy) is 1. The van der Waals surface area contributed by atoms with Crippen LogP contribution in [0.25, 0.3) is 0 Å². The van der Waals surface area contributed by atoms with Gasteiger partial charge in [0, 0.05) is 36.7 Å². The highest BCUT2D eigenvalue weighted by Gasteiger charge is 2.39. The molecule has 4 atom stereocenters. The molecule has 7 heteroatoms. The molecular weight excluding hydrogens is 406 g/mol. The standard InChI is InChI=1S/C23H30ClNO5/c1-25-23(29)10-5-3-2-4-9-19-20(22(28)14-21(19)27)12-11-17(26)15-30-18-8-6-7-16(24)13-18/h2,4,6-8,11-13,17,19-21,26-27H,3,5,9-10,14-15H2,1H3,(H,25,29)/t17-,19-,20-,21+/m1/s1. The molecule has 1 aromatic carbocycles. The molecule has 0 aromatic heterocycles. The van der Waals surface area contributed by atoms with Crippen LogP contribution in [0.4, 0.5) is 0 Å². The molecule has 0 aliphatic heterocycles. The lowest BCUT2D eigenvalue weighted by Crippen LogP contribution is -2.20. The lowest BCUT2D eigenvalue weighted by atomic mass is 9.90. The van der Waals surface area contributed by atoms with Gasteiger partial charge in [0.05, 0.1) is 6.10 Å². The van der Waals surface area contributed by atoms with Crippen LogP contribution >= 0.6 is 11.6 Å². The third-order valence-corrected chi connectivity index (χ3v) is 5.36. The van der Waals surface area contributed by atoms with Gasteiger partial charge in [0.15, 0.2) is 0 Å². The number of aliphatic hydroxyl groups excluding tert-OH is 2. The zero-order valence-electron chi connectivity index (χ0n) is 17.2. The van der Waals surface area contributed by atoms with Crippen LogP contribution in [0.2, 0.25) is 5.02 Å². The summed E-state index contributed by atoms with van der Waals surface area (Å²) in [5.74, 6) is -0.105. The van der Waals surface area contributed by atoms with Crippen molar-refractivity contribution in [2.24, 2.45) is 11.8 Å². The van der Waals surface area contributed by atoms with Gasteiger partial charge < -0.3 is 20.3 Å². The van der Waals surface area contributed by atoms with Crippen molar-refractivity contribution in [3.05, 3.63) is 53.6 Å². The summed E-state index contributed by atoms with van der Waals surface area (Å²) in [6.07, 6.45) is 8.28. The van der Waals surface area contributed by atoms with E-state index in [0.717, 1.165) is 12.8 Å². The molecule has 2 rings (SSSR count). The number of hydrogen-bond acceptors (Lipinski definition) is 5. The summed E-state index contributed by atoms with van der Waals surface area (Å²) in [5.41, 5.74) is 0. The van der Waals surface area contributed by atoms with Crippen LogP contribution in [0.15, 0.2) is 48.6 Å². The Labute approximate surface area is 182 Å². The topological polar surface area (TPSA) is 95.9 Å². The number of nitrogens with one attached hydrogen (secondary N) is 1. The summed E-state index contributed by atoms with van der Waals surface area (Å²) >= 11 is 5.90. The maximum atomic E-state index is 12.3. The van der Waals surface area contributed by atoms with Gasteiger partial charge in [-0.05, 0) is 37.5 Å². The van der Waals surface area contributed by atoms with Gasteiger partial charge >= 0.3 is 0 Å². The van der Waals surface area contributed by atoms with Gasteiger partial charge in [0.1, 0.15) is 24.2 Å². The second-order valence-electron chi connectivity index (χ2n) is 7.42. The number of halogens is 1. The number of ketones is 1. The molecule has 1 fully saturated rings. The minimum atomic E-state index is -0.879. The smallest absolute Gasteiger partial charge is 0.219 e. The van der Waals surface area contributed by atoms with Crippen molar-refractivity contribution in [3.63, 3.8) is 0 Å². The van der Waals surface area contributed by atoms with E-state index in [-0.39, 0.29) is 30.6 Å². The number of benzene rings is 1. The van der Waals surface area contributed by atoms with Crippen LogP contribution in [0.1, 0.15) is 32.1 Å². The van der Waals surface area contributed by atoms with Gasteiger partial charge in [-0.25, -0.2) is 0 Å². The third-order valence-electron chi connectivity index (χ3n) is 5.12. The predicted octanol–water partition coefficient (Wildman–Crippen LogP) is 3.06. The zero-order chi connectivity index (χ0) is 21.9. The first-order valence-electron chi connectivity index (χ1n) is 10.2. The van der Waals surface area contributed by atoms with Crippen LogP contribution in [-0.4, -0.2) is 47.8 Å². The molecule has 0 spiro atoms. The number of hydrogen-bond donors (Lipinski definition) is 3. The lowest BCUT2D eigenvalue weighted by molar-refractivity contribution is -0.121. The van der Waals surface area contributed by atoms with Crippen LogP contribution in [0.5, 0.6) is 5.75 Å². The molecule has 164 valence electrons. The highest BCUT2D eigenvalue weighted by Crippen LogP contribution is 2.33. The molecule has 1 amide bonds. The van der Waals surface area contributed by atoms with Crippen molar-refractivity contribution >= 4 is 23.3 Å². The SMILES string of the molecule is CNC(=O)CCCC=CC[C@H]1[C@@H](O)CC(=O)[C@@H]1C=C[C@@H](O)COc1cccc(Cl)c1. The average Bonchev–Trinajstić information content (AvgIpc) is 2.99. The van der Waals surface area contributed by atoms with E-state index in [4.69, 9.17) is 16.3 Å². The number of rotatable bonds is 11. The van der Waals surface area contributed by atoms with E-state index in [0.29, 0.717) is 23.6 Å². The zero-order valence-corrected chi connectivity index (χ0v) is 17.9. The second-order valence-corrected chi connectivity index (χ2v) is 7.86. The van der Waals surface area contributed by atoms with Crippen molar-refractivity contribution in [2.45, 2.75) is 44.3 Å². The van der Waals surface area contributed by atoms with Gasteiger partial charge in [-0.15, -0.1) is 0 Å². The summed E-state index contributed by atoms with van der Waals surface area (Å²) in [6, 6.07) is 6.90. The summed E-state index contributed by atoms with van der Waals surface area (Å²) < 4.78 is 5.51. The van der Waals surface area contributed by atoms with Gasteiger partial charge in [-0.3, -0.25) is 9.59 Å². The number of aliphatic hydroxyl groups is 2. The Bertz CT molecular complexity index is 764. The quantitative estimate of drug-likeness (QED) is 0.366. The minimum Gasteiger partial charge on any atom is -0.491 e. The van der Waals surface area contributed by atoms with Gasteiger partial charge in [0.25, 0.3) is 0 Å². The Hall–Kier alpha value is -2.15. The van der Waals surface area contributed by atoms with Crippen molar-refractivity contribution < 1.29 is 24.5 Å². The summed E-state index contributed by atoms with van der Waals surface area (Å²) in [4.78, 5) is 23.5. The second kappa shape index (κ2) is 12.5. The summed E-state index contributed by atoms with van der Waals surface area (Å²) in [5, 5.41) is 23.5. The number of Topliss-reactive ketones (excluding diaryl/α,β-unsaturated/α-hetero) is 1. The van der Waals surface area contributed by atoms with Gasteiger partial charge in [-0.2, -0.15) is 0 Å². The number of carbonyl (C=O) groups is 2. The predicted molar refractivity (Wildman–Crippen MR) is 116 cm³/mol. The van der Waals surface area contributed by atoms with Gasteiger partial charge in [0.2, 0.25) is 5.91 Å². The molecule has 0 heterocycles. The maximum absolute atomic E-state index is 12.3. The number of amides is 1. The fourth-order valence-electron chi connectivity index (χ4n) is 3.44. The third kappa shape index (κ3) is 7.94. The Kier molecular flexibility index (Phi) is 10.1. The highest BCUT2D eigenvalue weighted by atomic mass is 35.5. The fraction of sp³-hybridized carbons (Fsp3) is 0.478. The monoisotopic (exact) mass is 435 g/mol. The Balaban J connectivity index is 1.82. The number of allylic oxidation sites excluding steroid dienone is 3. The molecule has 1 aromatic rings. The number of carbonyl (C=O) groups excluding carboxylic acids is 2. The molecule has 6 nitrogen and oxygen atoms in total. The summed E-state index contributed by atoms with van der Waals surface area (Å²) in [6.45, 7) is 0.0379. The Morgan fingerprint density at radius 3 is 2.93 bits per heavy atom. The summed E-state index contributed by atoms with van der Waals surface area (Å²) in [7, 11) is 1.62. The highest BCUT2D eigenvalue weighted by molar-refractivity contribution is 6.30. The normalized spacial score (nSPS) is 22.7. The fourth-order valence-corrected chi connectivity index (χ4v) is 3.62. The average molecular weight is 436 g/mol. The first-order chi connectivity index (χ1) is 14.4. The van der Waals surface area contributed by atoms with Crippen molar-refractivity contribution in [1.82, 2.24) is 5.32 Å². The molecule has 0 saturated heterocycles. The van der Waals surface area contributed by atoms with Crippen molar-refractivity contribution in [1.29, 1.82) is 0 Å². The van der Waals surface area contributed by atoms with E-state index in [9.17, 15) is 19.8 Å². The molecule has 1 aliphatic rings. The van der Waals surface area contributed by atoms with Crippen LogP contribution in [0, 0.1) is 11.8 Å². The molecule has 0 bridgehead atoms. The van der Waals surface area contributed by atoms with Crippen LogP contribution < -0.4 is 10.1 Å². The molecule has 0 radical (unpaired) electrons. The maximum Gasteiger partial charge on any atom is 0.219 e. The molecule has 0 unspecified atom stereocenters. The Morgan fingerprint density at radius 2 is 2.20 bits per heavy atom. The number of unbranched alkanes of at least 4 members (excludes halogenated alkanes) is 1. The first kappa shape index (κ1) is 24.1. The van der Waals surface area contributed by atoms with E-state index >= 15 is 0 Å². The van der Waals surface area contributed by atoms with E-state index in [1.54, 1.807) is 43.5 Å². The van der Waals surface area contributed by atoms with E-state index < -0.39 is 18.1 Å². The minimum absolute atomic E-state index is 0.0170. The van der Waals surface area contributed by atoms with Crippen molar-refractivity contribution in [3.8, 4) is 5.75 Å². The molecule has 30 heavy (non-hydrogen) atoms. The molecule has 1 saturated carbocycles. The largest absolute Gasteiger partial charge is 0.491 e. The van der Waals surface area contributed by atoms with Crippen molar-refractivity contribution in [2.75, 3.05) is 13.7 Å². The first-order valence-corrected chi connectivity index (χ1v) is 10.6. The van der Waals surface area contributed by atoms with Crippen LogP contribution in [0.3, 0.4) is 0 Å². The molecule has 1 aliphatic carbocycles. The van der Waals surface area contributed by atoms with E-state index in [1.807, 2.05) is 12.2 Å². The van der Waals surface area contributed by atoms with Gasteiger partial charge in [-0.1, -0.05) is 42.0 Å². The van der Waals surface area contributed by atoms with E-state index in [1.165, 1.54) is 0 Å². The lowest BCUT2D eigenvalue weighted by Gasteiger charge is -2.17. The molecule has 3 N–H and O–H groups in total. The van der Waals surface area contributed by atoms with Crippen LogP contribution in [-0.2, 0) is 9.59 Å². The van der Waals surface area contributed by atoms with E-state index in [2.05, 4.69) is 5.32 Å².